The van der Waals surface area contributed by atoms with Crippen LogP contribution in [0.15, 0.2) is 11.6 Å². The molecule has 1 rings (SSSR count). The van der Waals surface area contributed by atoms with E-state index in [9.17, 15) is 10.1 Å². The van der Waals surface area contributed by atoms with Crippen molar-refractivity contribution in [2.24, 2.45) is 5.73 Å². The van der Waals surface area contributed by atoms with Gasteiger partial charge in [-0.3, -0.25) is 4.79 Å². The second-order valence-corrected chi connectivity index (χ2v) is 5.63. The third-order valence-corrected chi connectivity index (χ3v) is 3.59. The van der Waals surface area contributed by atoms with Gasteiger partial charge in [-0.15, -0.1) is 0 Å². The van der Waals surface area contributed by atoms with Gasteiger partial charge in [0, 0.05) is 19.8 Å². The number of H-pyrrole nitrogens is 1. The van der Waals surface area contributed by atoms with Crippen molar-refractivity contribution in [2.75, 3.05) is 14.1 Å². The van der Waals surface area contributed by atoms with E-state index in [0.717, 1.165) is 37.8 Å². The van der Waals surface area contributed by atoms with Crippen LogP contribution in [0.4, 0.5) is 0 Å². The van der Waals surface area contributed by atoms with Gasteiger partial charge < -0.3 is 15.6 Å². The molecular formula is C17H26N4O. The van der Waals surface area contributed by atoms with Crippen LogP contribution in [0.5, 0.6) is 0 Å². The van der Waals surface area contributed by atoms with E-state index in [-0.39, 0.29) is 5.57 Å². The number of aromatic nitrogens is 1. The molecule has 0 aliphatic carbocycles. The fourth-order valence-corrected chi connectivity index (χ4v) is 2.56. The molecule has 0 saturated heterocycles. The van der Waals surface area contributed by atoms with Crippen LogP contribution in [0.3, 0.4) is 0 Å². The molecule has 0 unspecified atom stereocenters. The lowest BCUT2D eigenvalue weighted by Gasteiger charge is -2.17. The van der Waals surface area contributed by atoms with Crippen LogP contribution in [-0.4, -0.2) is 29.9 Å². The molecule has 0 spiro atoms. The average molecular weight is 302 g/mol. The number of hydrogen-bond acceptors (Lipinski definition) is 3. The first-order valence-electron chi connectivity index (χ1n) is 7.78. The lowest BCUT2D eigenvalue weighted by atomic mass is 10.1. The largest absolute Gasteiger partial charge is 0.375 e. The van der Waals surface area contributed by atoms with E-state index >= 15 is 0 Å². The zero-order valence-electron chi connectivity index (χ0n) is 14.0. The number of carbonyl (C=O) groups excluding carboxylic acids is 1. The van der Waals surface area contributed by atoms with Gasteiger partial charge in [0.15, 0.2) is 0 Å². The Morgan fingerprint density at radius 3 is 2.45 bits per heavy atom. The van der Waals surface area contributed by atoms with Crippen LogP contribution in [0.2, 0.25) is 0 Å². The van der Waals surface area contributed by atoms with Gasteiger partial charge in [0.2, 0.25) is 0 Å². The van der Waals surface area contributed by atoms with Gasteiger partial charge in [0.05, 0.1) is 11.4 Å². The van der Waals surface area contributed by atoms with E-state index in [4.69, 9.17) is 5.73 Å². The molecule has 5 heteroatoms. The Labute approximate surface area is 132 Å². The SMILES string of the molecule is CCCCc1[nH]c(/C(=C(\C#N)C(N)=O)N(C)C)cc1CCC. The third-order valence-electron chi connectivity index (χ3n) is 3.59. The summed E-state index contributed by atoms with van der Waals surface area (Å²) in [5, 5.41) is 9.25. The second kappa shape index (κ2) is 8.28. The topological polar surface area (TPSA) is 85.9 Å². The molecule has 0 atom stereocenters. The molecule has 0 radical (unpaired) electrons. The molecule has 0 aliphatic rings. The fraction of sp³-hybridized carbons (Fsp3) is 0.529. The first-order chi connectivity index (χ1) is 10.5. The summed E-state index contributed by atoms with van der Waals surface area (Å²) in [5.41, 5.74) is 9.12. The number of nitriles is 1. The summed E-state index contributed by atoms with van der Waals surface area (Å²) in [6, 6.07) is 3.97. The van der Waals surface area contributed by atoms with E-state index in [1.165, 1.54) is 11.3 Å². The standard InChI is InChI=1S/C17H26N4O/c1-5-7-9-14-12(8-6-2)10-15(20-14)16(21(3)4)13(11-18)17(19)22/h10,20H,5-9H2,1-4H3,(H2,19,22)/b16-13-. The minimum Gasteiger partial charge on any atom is -0.375 e. The number of nitrogens with zero attached hydrogens (tertiary/aromatic N) is 2. The number of aromatic amines is 1. The van der Waals surface area contributed by atoms with Gasteiger partial charge in [0.25, 0.3) is 5.91 Å². The van der Waals surface area contributed by atoms with Crippen molar-refractivity contribution < 1.29 is 4.79 Å². The molecule has 5 nitrogen and oxygen atoms in total. The van der Waals surface area contributed by atoms with Crippen molar-refractivity contribution in [1.82, 2.24) is 9.88 Å². The van der Waals surface area contributed by atoms with E-state index in [0.29, 0.717) is 5.70 Å². The molecule has 0 aromatic carbocycles. The number of aryl methyl sites for hydroxylation is 2. The Kier molecular flexibility index (Phi) is 6.71. The number of primary amides is 1. The lowest BCUT2D eigenvalue weighted by Crippen LogP contribution is -2.21. The van der Waals surface area contributed by atoms with Crippen molar-refractivity contribution in [3.63, 3.8) is 0 Å². The molecule has 22 heavy (non-hydrogen) atoms. The average Bonchev–Trinajstić information content (AvgIpc) is 2.84. The maximum absolute atomic E-state index is 11.5. The van der Waals surface area contributed by atoms with Crippen LogP contribution in [0.1, 0.15) is 50.1 Å². The summed E-state index contributed by atoms with van der Waals surface area (Å²) in [6.45, 7) is 4.30. The smallest absolute Gasteiger partial charge is 0.261 e. The van der Waals surface area contributed by atoms with E-state index < -0.39 is 5.91 Å². The van der Waals surface area contributed by atoms with Crippen molar-refractivity contribution >= 4 is 11.6 Å². The van der Waals surface area contributed by atoms with Crippen molar-refractivity contribution in [3.05, 3.63) is 28.6 Å². The van der Waals surface area contributed by atoms with Crippen LogP contribution in [0, 0.1) is 11.3 Å². The maximum Gasteiger partial charge on any atom is 0.261 e. The molecule has 1 aromatic heterocycles. The summed E-state index contributed by atoms with van der Waals surface area (Å²) in [5.74, 6) is -0.701. The molecule has 0 bridgehead atoms. The molecule has 120 valence electrons. The number of rotatable bonds is 8. The number of nitrogens with two attached hydrogens (primary N) is 1. The molecule has 1 amide bonds. The van der Waals surface area contributed by atoms with Crippen molar-refractivity contribution in [1.29, 1.82) is 5.26 Å². The number of carbonyl (C=O) groups is 1. The lowest BCUT2D eigenvalue weighted by molar-refractivity contribution is -0.114. The maximum atomic E-state index is 11.5. The highest BCUT2D eigenvalue weighted by Crippen LogP contribution is 2.25. The molecule has 1 heterocycles. The monoisotopic (exact) mass is 302 g/mol. The summed E-state index contributed by atoms with van der Waals surface area (Å²) in [4.78, 5) is 16.7. The highest BCUT2D eigenvalue weighted by Gasteiger charge is 2.19. The van der Waals surface area contributed by atoms with Gasteiger partial charge in [-0.1, -0.05) is 26.7 Å². The number of nitrogens with one attached hydrogen (secondary N) is 1. The quantitative estimate of drug-likeness (QED) is 0.571. The van der Waals surface area contributed by atoms with Gasteiger partial charge in [0.1, 0.15) is 11.6 Å². The van der Waals surface area contributed by atoms with Crippen molar-refractivity contribution in [3.8, 4) is 6.07 Å². The zero-order valence-corrected chi connectivity index (χ0v) is 14.0. The van der Waals surface area contributed by atoms with E-state index in [1.807, 2.05) is 26.2 Å². The van der Waals surface area contributed by atoms with E-state index in [1.54, 1.807) is 4.90 Å². The first-order valence-corrected chi connectivity index (χ1v) is 7.78. The first kappa shape index (κ1) is 17.8. The Balaban J connectivity index is 3.38. The normalized spacial score (nSPS) is 11.8. The minimum atomic E-state index is -0.701. The van der Waals surface area contributed by atoms with E-state index in [2.05, 4.69) is 18.8 Å². The van der Waals surface area contributed by atoms with Gasteiger partial charge >= 0.3 is 0 Å². The summed E-state index contributed by atoms with van der Waals surface area (Å²) < 4.78 is 0. The molecule has 1 aromatic rings. The van der Waals surface area contributed by atoms with Gasteiger partial charge in [-0.2, -0.15) is 5.26 Å². The predicted molar refractivity (Wildman–Crippen MR) is 88.8 cm³/mol. The van der Waals surface area contributed by atoms with Crippen LogP contribution < -0.4 is 5.73 Å². The number of hydrogen-bond donors (Lipinski definition) is 2. The summed E-state index contributed by atoms with van der Waals surface area (Å²) in [6.07, 6.45) is 5.25. The number of amides is 1. The summed E-state index contributed by atoms with van der Waals surface area (Å²) >= 11 is 0. The Morgan fingerprint density at radius 2 is 2.00 bits per heavy atom. The Bertz CT molecular complexity index is 590. The highest BCUT2D eigenvalue weighted by molar-refractivity contribution is 6.03. The Hall–Kier alpha value is -2.22. The van der Waals surface area contributed by atoms with Gasteiger partial charge in [-0.25, -0.2) is 0 Å². The molecule has 0 fully saturated rings. The minimum absolute atomic E-state index is 0.0173. The zero-order chi connectivity index (χ0) is 16.7. The molecule has 0 aliphatic heterocycles. The van der Waals surface area contributed by atoms with Crippen molar-refractivity contribution in [2.45, 2.75) is 46.0 Å². The third kappa shape index (κ3) is 4.14. The molecular weight excluding hydrogens is 276 g/mol. The molecule has 3 N–H and O–H groups in total. The fourth-order valence-electron chi connectivity index (χ4n) is 2.56. The number of unbranched alkanes of at least 4 members (excludes halogenated alkanes) is 1. The predicted octanol–water partition coefficient (Wildman–Crippen LogP) is 2.59. The molecule has 0 saturated carbocycles. The van der Waals surface area contributed by atoms with Crippen LogP contribution in [0.25, 0.3) is 5.70 Å². The summed E-state index contributed by atoms with van der Waals surface area (Å²) in [7, 11) is 3.61. The highest BCUT2D eigenvalue weighted by atomic mass is 16.1. The second-order valence-electron chi connectivity index (χ2n) is 5.63. The Morgan fingerprint density at radius 1 is 1.32 bits per heavy atom. The van der Waals surface area contributed by atoms with Crippen LogP contribution >= 0.6 is 0 Å². The van der Waals surface area contributed by atoms with Crippen LogP contribution in [-0.2, 0) is 17.6 Å². The van der Waals surface area contributed by atoms with Gasteiger partial charge in [-0.05, 0) is 30.9 Å².